The fourth-order valence-electron chi connectivity index (χ4n) is 5.49. The van der Waals surface area contributed by atoms with Crippen LogP contribution in [0.2, 0.25) is 0 Å². The van der Waals surface area contributed by atoms with Crippen molar-refractivity contribution in [3.63, 3.8) is 0 Å². The molecule has 0 radical (unpaired) electrons. The van der Waals surface area contributed by atoms with Crippen LogP contribution in [0.5, 0.6) is 0 Å². The smallest absolute Gasteiger partial charge is 0.0319 e. The highest BCUT2D eigenvalue weighted by molar-refractivity contribution is 6.16. The number of hydrogen-bond donors (Lipinski definition) is 1. The summed E-state index contributed by atoms with van der Waals surface area (Å²) in [6, 6.07) is 43.5. The van der Waals surface area contributed by atoms with Crippen molar-refractivity contribution in [2.75, 3.05) is 7.11 Å². The third-order valence-electron chi connectivity index (χ3n) is 6.82. The molecule has 0 amide bonds. The van der Waals surface area contributed by atoms with Crippen LogP contribution in [0.1, 0.15) is 0 Å². The molecule has 0 saturated heterocycles. The Morgan fingerprint density at radius 3 is 0.794 bits per heavy atom. The maximum absolute atomic E-state index is 7.00. The number of fused-ring (bicyclic) bond motifs is 6. The van der Waals surface area contributed by atoms with E-state index in [-0.39, 0.29) is 0 Å². The van der Waals surface area contributed by atoms with Crippen LogP contribution in [0.4, 0.5) is 0 Å². The lowest BCUT2D eigenvalue weighted by Gasteiger charge is -2.00. The van der Waals surface area contributed by atoms with Gasteiger partial charge in [0.05, 0.1) is 0 Å². The Kier molecular flexibility index (Phi) is 4.98. The molecule has 1 N–H and O–H groups in total. The van der Waals surface area contributed by atoms with E-state index < -0.39 is 0 Å². The number of benzene rings is 6. The van der Waals surface area contributed by atoms with Crippen molar-refractivity contribution >= 4 is 21.5 Å². The second-order valence-corrected chi connectivity index (χ2v) is 8.51. The minimum absolute atomic E-state index is 1.00. The molecule has 1 heteroatoms. The molecule has 0 saturated carbocycles. The van der Waals surface area contributed by atoms with Crippen molar-refractivity contribution in [3.8, 4) is 44.5 Å². The molecule has 34 heavy (non-hydrogen) atoms. The van der Waals surface area contributed by atoms with Crippen molar-refractivity contribution in [1.82, 2.24) is 0 Å². The minimum Gasteiger partial charge on any atom is -0.400 e. The van der Waals surface area contributed by atoms with E-state index in [9.17, 15) is 0 Å². The van der Waals surface area contributed by atoms with E-state index in [1.165, 1.54) is 66.1 Å². The summed E-state index contributed by atoms with van der Waals surface area (Å²) in [6.07, 6.45) is 0. The second kappa shape index (κ2) is 8.30. The Bertz CT molecular complexity index is 1430. The molecule has 2 aliphatic carbocycles. The maximum Gasteiger partial charge on any atom is 0.0319 e. The highest BCUT2D eigenvalue weighted by Crippen LogP contribution is 2.47. The number of aliphatic hydroxyl groups excluding tert-OH is 1. The van der Waals surface area contributed by atoms with Gasteiger partial charge in [0.2, 0.25) is 0 Å². The number of aliphatic hydroxyl groups is 1. The second-order valence-electron chi connectivity index (χ2n) is 8.51. The van der Waals surface area contributed by atoms with Crippen molar-refractivity contribution in [2.45, 2.75) is 0 Å². The van der Waals surface area contributed by atoms with Crippen molar-refractivity contribution in [1.29, 1.82) is 0 Å². The van der Waals surface area contributed by atoms with E-state index >= 15 is 0 Å². The third kappa shape index (κ3) is 2.98. The molecule has 0 bridgehead atoms. The van der Waals surface area contributed by atoms with E-state index in [2.05, 4.69) is 121 Å². The van der Waals surface area contributed by atoms with Crippen molar-refractivity contribution < 1.29 is 5.11 Å². The van der Waals surface area contributed by atoms with Gasteiger partial charge in [-0.3, -0.25) is 0 Å². The average molecular weight is 437 g/mol. The summed E-state index contributed by atoms with van der Waals surface area (Å²) in [5, 5.41) is 12.5. The molecule has 1 nitrogen and oxygen atoms in total. The first-order chi connectivity index (χ1) is 16.9. The van der Waals surface area contributed by atoms with Gasteiger partial charge in [0.25, 0.3) is 0 Å². The summed E-state index contributed by atoms with van der Waals surface area (Å²) in [6.45, 7) is 0. The zero-order chi connectivity index (χ0) is 23.1. The van der Waals surface area contributed by atoms with Crippen LogP contribution >= 0.6 is 0 Å². The molecular formula is C33H24O. The largest absolute Gasteiger partial charge is 0.400 e. The van der Waals surface area contributed by atoms with Crippen LogP contribution in [-0.4, -0.2) is 12.2 Å². The highest BCUT2D eigenvalue weighted by Gasteiger charge is 2.20. The topological polar surface area (TPSA) is 20.2 Å². The van der Waals surface area contributed by atoms with Crippen LogP contribution in [0.25, 0.3) is 66.1 Å². The van der Waals surface area contributed by atoms with Gasteiger partial charge in [-0.2, -0.15) is 0 Å². The average Bonchev–Trinajstić information content (AvgIpc) is 3.43. The van der Waals surface area contributed by atoms with Crippen LogP contribution < -0.4 is 0 Å². The van der Waals surface area contributed by atoms with Gasteiger partial charge in [-0.15, -0.1) is 0 Å². The van der Waals surface area contributed by atoms with Gasteiger partial charge in [-0.25, -0.2) is 0 Å². The fourth-order valence-corrected chi connectivity index (χ4v) is 5.49. The first-order valence-electron chi connectivity index (χ1n) is 11.6. The molecule has 0 unspecified atom stereocenters. The van der Waals surface area contributed by atoms with E-state index in [1.807, 2.05) is 0 Å². The minimum atomic E-state index is 1.00. The van der Waals surface area contributed by atoms with Gasteiger partial charge in [0.1, 0.15) is 0 Å². The van der Waals surface area contributed by atoms with Gasteiger partial charge in [-0.1, -0.05) is 121 Å². The van der Waals surface area contributed by atoms with Gasteiger partial charge in [-0.05, 0) is 66.1 Å². The van der Waals surface area contributed by atoms with Gasteiger partial charge in [0, 0.05) is 7.11 Å². The summed E-state index contributed by atoms with van der Waals surface area (Å²) in [5.74, 6) is 0. The van der Waals surface area contributed by atoms with Crippen LogP contribution in [0.15, 0.2) is 121 Å². The Morgan fingerprint density at radius 1 is 0.294 bits per heavy atom. The molecule has 2 aliphatic rings. The molecule has 0 atom stereocenters. The first kappa shape index (κ1) is 20.4. The van der Waals surface area contributed by atoms with E-state index in [0.29, 0.717) is 0 Å². The number of hydrogen-bond acceptors (Lipinski definition) is 1. The van der Waals surface area contributed by atoms with E-state index in [0.717, 1.165) is 7.11 Å². The molecule has 6 aromatic carbocycles. The normalized spacial score (nSPS) is 11.2. The monoisotopic (exact) mass is 436 g/mol. The van der Waals surface area contributed by atoms with Crippen molar-refractivity contribution in [3.05, 3.63) is 121 Å². The lowest BCUT2D eigenvalue weighted by atomic mass is 10.0. The van der Waals surface area contributed by atoms with Gasteiger partial charge >= 0.3 is 0 Å². The summed E-state index contributed by atoms with van der Waals surface area (Å²) >= 11 is 0. The SMILES string of the molecule is CO.c1ccc2c(c1)-c1cccc3cccc-2c13.c1ccc2c(c1)-c1cccc3cccc-2c13. The predicted octanol–water partition coefficient (Wildman–Crippen LogP) is 8.58. The lowest BCUT2D eigenvalue weighted by molar-refractivity contribution is 0.399. The summed E-state index contributed by atoms with van der Waals surface area (Å²) in [7, 11) is 1.00. The van der Waals surface area contributed by atoms with Crippen LogP contribution in [0.3, 0.4) is 0 Å². The van der Waals surface area contributed by atoms with Crippen LogP contribution in [-0.2, 0) is 0 Å². The van der Waals surface area contributed by atoms with E-state index in [1.54, 1.807) is 0 Å². The maximum atomic E-state index is 7.00. The number of rotatable bonds is 0. The zero-order valence-corrected chi connectivity index (χ0v) is 19.0. The highest BCUT2D eigenvalue weighted by atomic mass is 16.2. The van der Waals surface area contributed by atoms with Crippen molar-refractivity contribution in [2.24, 2.45) is 0 Å². The standard InChI is InChI=1S/2C16H10.CH4O/c2*1-2-8-13-12(7-1)14-9-3-5-11-6-4-10-15(13)16(11)14;1-2/h2*1-10H;2H,1H3. The Hall–Kier alpha value is -4.20. The molecule has 0 heterocycles. The molecule has 8 rings (SSSR count). The van der Waals surface area contributed by atoms with E-state index in [4.69, 9.17) is 5.11 Å². The summed E-state index contributed by atoms with van der Waals surface area (Å²) in [5.41, 5.74) is 11.0. The molecule has 0 fully saturated rings. The first-order valence-corrected chi connectivity index (χ1v) is 11.6. The fraction of sp³-hybridized carbons (Fsp3) is 0.0303. The Morgan fingerprint density at radius 2 is 0.529 bits per heavy atom. The zero-order valence-electron chi connectivity index (χ0n) is 19.0. The molecule has 6 aromatic rings. The molecule has 0 aromatic heterocycles. The third-order valence-corrected chi connectivity index (χ3v) is 6.82. The summed E-state index contributed by atoms with van der Waals surface area (Å²) in [4.78, 5) is 0. The molecule has 0 aliphatic heterocycles. The Labute approximate surface area is 199 Å². The summed E-state index contributed by atoms with van der Waals surface area (Å²) < 4.78 is 0. The quantitative estimate of drug-likeness (QED) is 0.252. The van der Waals surface area contributed by atoms with Crippen LogP contribution in [0, 0.1) is 0 Å². The Balaban J connectivity index is 0.000000119. The molecule has 0 spiro atoms. The predicted molar refractivity (Wildman–Crippen MR) is 145 cm³/mol. The lowest BCUT2D eigenvalue weighted by Crippen LogP contribution is -1.73. The van der Waals surface area contributed by atoms with Gasteiger partial charge < -0.3 is 5.11 Å². The molecule has 162 valence electrons. The van der Waals surface area contributed by atoms with Gasteiger partial charge in [0.15, 0.2) is 0 Å². The molecular weight excluding hydrogens is 412 g/mol.